The Hall–Kier alpha value is -3.10. The van der Waals surface area contributed by atoms with E-state index in [4.69, 9.17) is 16.0 Å². The lowest BCUT2D eigenvalue weighted by atomic mass is 10.3. The van der Waals surface area contributed by atoms with Crippen LogP contribution in [0.1, 0.15) is 5.76 Å². The van der Waals surface area contributed by atoms with Gasteiger partial charge >= 0.3 is 0 Å². The quantitative estimate of drug-likeness (QED) is 0.471. The van der Waals surface area contributed by atoms with Crippen molar-refractivity contribution in [2.24, 2.45) is 5.10 Å². The molecule has 3 aromatic rings. The fraction of sp³-hybridized carbons (Fsp3) is 0.0526. The molecule has 0 aliphatic carbocycles. The third-order valence-electron chi connectivity index (χ3n) is 3.64. The van der Waals surface area contributed by atoms with E-state index in [1.807, 2.05) is 0 Å². The van der Waals surface area contributed by atoms with Crippen LogP contribution in [0.4, 0.5) is 5.69 Å². The van der Waals surface area contributed by atoms with Gasteiger partial charge in [0.05, 0.1) is 23.1 Å². The molecule has 3 rings (SSSR count). The Kier molecular flexibility index (Phi) is 6.13. The molecule has 0 aliphatic rings. The molecule has 0 saturated carbocycles. The number of nitrogens with zero attached hydrogens (tertiary/aromatic N) is 2. The molecule has 0 spiro atoms. The van der Waals surface area contributed by atoms with Crippen molar-refractivity contribution in [3.05, 3.63) is 83.8 Å². The SMILES string of the molecule is O=C(CN(c1cccc(Cl)c1)S(=O)(=O)c1ccccc1)N/N=C\c1ccco1. The predicted octanol–water partition coefficient (Wildman–Crippen LogP) is 3.28. The van der Waals surface area contributed by atoms with Gasteiger partial charge in [0.15, 0.2) is 0 Å². The molecule has 0 aliphatic heterocycles. The van der Waals surface area contributed by atoms with Crippen molar-refractivity contribution in [1.29, 1.82) is 0 Å². The largest absolute Gasteiger partial charge is 0.463 e. The Balaban J connectivity index is 1.85. The van der Waals surface area contributed by atoms with E-state index in [2.05, 4.69) is 10.5 Å². The second-order valence-electron chi connectivity index (χ2n) is 5.61. The van der Waals surface area contributed by atoms with E-state index >= 15 is 0 Å². The van der Waals surface area contributed by atoms with Gasteiger partial charge in [-0.05, 0) is 42.5 Å². The molecule has 0 unspecified atom stereocenters. The van der Waals surface area contributed by atoms with Crippen LogP contribution in [0.3, 0.4) is 0 Å². The zero-order valence-electron chi connectivity index (χ0n) is 14.5. The highest BCUT2D eigenvalue weighted by atomic mass is 35.5. The number of nitrogens with one attached hydrogen (secondary N) is 1. The van der Waals surface area contributed by atoms with E-state index in [0.717, 1.165) is 4.31 Å². The van der Waals surface area contributed by atoms with Gasteiger partial charge in [0.25, 0.3) is 15.9 Å². The number of carbonyl (C=O) groups is 1. The van der Waals surface area contributed by atoms with Gasteiger partial charge in [-0.3, -0.25) is 9.10 Å². The summed E-state index contributed by atoms with van der Waals surface area (Å²) in [6.07, 6.45) is 2.78. The summed E-state index contributed by atoms with van der Waals surface area (Å²) in [5.74, 6) is -0.175. The van der Waals surface area contributed by atoms with E-state index in [-0.39, 0.29) is 10.6 Å². The van der Waals surface area contributed by atoms with Crippen LogP contribution in [0.25, 0.3) is 0 Å². The Morgan fingerprint density at radius 3 is 2.57 bits per heavy atom. The number of hydrogen-bond acceptors (Lipinski definition) is 5. The molecule has 144 valence electrons. The highest BCUT2D eigenvalue weighted by molar-refractivity contribution is 7.92. The van der Waals surface area contributed by atoms with Gasteiger partial charge in [-0.2, -0.15) is 5.10 Å². The first-order chi connectivity index (χ1) is 13.5. The van der Waals surface area contributed by atoms with Gasteiger partial charge in [0, 0.05) is 5.02 Å². The van der Waals surface area contributed by atoms with Gasteiger partial charge in [0.1, 0.15) is 12.3 Å². The zero-order chi connectivity index (χ0) is 20.0. The molecule has 0 bridgehead atoms. The number of anilines is 1. The first kappa shape index (κ1) is 19.7. The number of hydrazone groups is 1. The van der Waals surface area contributed by atoms with Crippen molar-refractivity contribution in [2.45, 2.75) is 4.90 Å². The molecule has 28 heavy (non-hydrogen) atoms. The molecule has 0 fully saturated rings. The first-order valence-corrected chi connectivity index (χ1v) is 9.97. The van der Waals surface area contributed by atoms with Crippen LogP contribution in [0.15, 0.2) is 87.4 Å². The third kappa shape index (κ3) is 4.79. The number of sulfonamides is 1. The monoisotopic (exact) mass is 417 g/mol. The molecule has 1 heterocycles. The van der Waals surface area contributed by atoms with Crippen molar-refractivity contribution in [1.82, 2.24) is 5.43 Å². The minimum Gasteiger partial charge on any atom is -0.463 e. The van der Waals surface area contributed by atoms with Crippen LogP contribution in [0.5, 0.6) is 0 Å². The van der Waals surface area contributed by atoms with Crippen LogP contribution < -0.4 is 9.73 Å². The van der Waals surface area contributed by atoms with Gasteiger partial charge < -0.3 is 4.42 Å². The van der Waals surface area contributed by atoms with E-state index in [9.17, 15) is 13.2 Å². The second-order valence-corrected chi connectivity index (χ2v) is 7.91. The van der Waals surface area contributed by atoms with Crippen LogP contribution in [0, 0.1) is 0 Å². The summed E-state index contributed by atoms with van der Waals surface area (Å²) in [6.45, 7) is -0.479. The number of amides is 1. The van der Waals surface area contributed by atoms with Crippen molar-refractivity contribution < 1.29 is 17.6 Å². The molecule has 0 atom stereocenters. The molecular formula is C19H16ClN3O4S. The minimum atomic E-state index is -3.99. The number of furan rings is 1. The van der Waals surface area contributed by atoms with Crippen molar-refractivity contribution in [3.63, 3.8) is 0 Å². The molecule has 0 radical (unpaired) electrons. The van der Waals surface area contributed by atoms with Gasteiger partial charge in [0.2, 0.25) is 0 Å². The Labute approximate surface area is 167 Å². The highest BCUT2D eigenvalue weighted by Crippen LogP contribution is 2.25. The summed E-state index contributed by atoms with van der Waals surface area (Å²) < 4.78 is 32.2. The molecule has 7 nitrogen and oxygen atoms in total. The van der Waals surface area contributed by atoms with Gasteiger partial charge in [-0.1, -0.05) is 35.9 Å². The topological polar surface area (TPSA) is 92.0 Å². The van der Waals surface area contributed by atoms with E-state index in [0.29, 0.717) is 10.8 Å². The summed E-state index contributed by atoms with van der Waals surface area (Å²) in [6, 6.07) is 17.4. The lowest BCUT2D eigenvalue weighted by Gasteiger charge is -2.23. The average Bonchev–Trinajstić information content (AvgIpc) is 3.20. The first-order valence-electron chi connectivity index (χ1n) is 8.15. The summed E-state index contributed by atoms with van der Waals surface area (Å²) in [5, 5.41) is 4.12. The summed E-state index contributed by atoms with van der Waals surface area (Å²) >= 11 is 6.01. The molecule has 1 amide bonds. The number of hydrogen-bond donors (Lipinski definition) is 1. The molecule has 9 heteroatoms. The van der Waals surface area contributed by atoms with E-state index in [1.54, 1.807) is 48.5 Å². The van der Waals surface area contributed by atoms with E-state index < -0.39 is 22.5 Å². The van der Waals surface area contributed by atoms with Gasteiger partial charge in [-0.25, -0.2) is 13.8 Å². The van der Waals surface area contributed by atoms with Crippen LogP contribution in [-0.2, 0) is 14.8 Å². The summed E-state index contributed by atoms with van der Waals surface area (Å²) in [5.41, 5.74) is 2.56. The van der Waals surface area contributed by atoms with Gasteiger partial charge in [-0.15, -0.1) is 0 Å². The Morgan fingerprint density at radius 2 is 1.89 bits per heavy atom. The maximum absolute atomic E-state index is 13.1. The van der Waals surface area contributed by atoms with Crippen LogP contribution in [-0.4, -0.2) is 27.1 Å². The third-order valence-corrected chi connectivity index (χ3v) is 5.66. The maximum Gasteiger partial charge on any atom is 0.264 e. The normalized spacial score (nSPS) is 11.5. The lowest BCUT2D eigenvalue weighted by molar-refractivity contribution is -0.119. The lowest BCUT2D eigenvalue weighted by Crippen LogP contribution is -2.39. The average molecular weight is 418 g/mol. The molecule has 1 aromatic heterocycles. The standard InChI is InChI=1S/C19H16ClN3O4S/c20-15-6-4-7-16(12-15)23(28(25,26)18-9-2-1-3-10-18)14-19(24)22-21-13-17-8-5-11-27-17/h1-13H,14H2,(H,22,24)/b21-13-. The van der Waals surface area contributed by atoms with Crippen molar-refractivity contribution in [2.75, 3.05) is 10.8 Å². The van der Waals surface area contributed by atoms with Crippen LogP contribution in [0.2, 0.25) is 5.02 Å². The van der Waals surface area contributed by atoms with Crippen LogP contribution >= 0.6 is 11.6 Å². The number of halogens is 1. The minimum absolute atomic E-state index is 0.0573. The second kappa shape index (κ2) is 8.73. The summed E-state index contributed by atoms with van der Waals surface area (Å²) in [7, 11) is -3.99. The van der Waals surface area contributed by atoms with E-state index in [1.165, 1.54) is 30.7 Å². The fourth-order valence-electron chi connectivity index (χ4n) is 2.36. The molecular weight excluding hydrogens is 402 g/mol. The zero-order valence-corrected chi connectivity index (χ0v) is 16.1. The van der Waals surface area contributed by atoms with Crippen molar-refractivity contribution >= 4 is 39.4 Å². The highest BCUT2D eigenvalue weighted by Gasteiger charge is 2.27. The Bertz CT molecular complexity index is 1070. The number of carbonyl (C=O) groups excluding carboxylic acids is 1. The fourth-order valence-corrected chi connectivity index (χ4v) is 3.98. The molecule has 1 N–H and O–H groups in total. The Morgan fingerprint density at radius 1 is 1.11 bits per heavy atom. The summed E-state index contributed by atoms with van der Waals surface area (Å²) in [4.78, 5) is 12.4. The smallest absolute Gasteiger partial charge is 0.264 e. The molecule has 2 aromatic carbocycles. The number of benzene rings is 2. The molecule has 0 saturated heterocycles. The number of rotatable bonds is 7. The predicted molar refractivity (Wildman–Crippen MR) is 107 cm³/mol. The maximum atomic E-state index is 13.1. The van der Waals surface area contributed by atoms with Crippen molar-refractivity contribution in [3.8, 4) is 0 Å².